The molecule has 3 N–H and O–H groups in total. The van der Waals surface area contributed by atoms with Gasteiger partial charge in [-0.15, -0.1) is 0 Å². The summed E-state index contributed by atoms with van der Waals surface area (Å²) in [5, 5.41) is 9.12. The monoisotopic (exact) mass is 433 g/mol. The normalized spacial score (nSPS) is 11.5. The van der Waals surface area contributed by atoms with Gasteiger partial charge in [0.2, 0.25) is 0 Å². The van der Waals surface area contributed by atoms with Crippen LogP contribution in [0.1, 0.15) is 21.5 Å². The standard InChI is InChI=1S/C22H29F2N5O2/c1-25-22(28-15-18-8-4-5-10-19(18)31-21(23)24)27-14-16-7-6-9-17(13-16)20(30)26-11-12-29(2)3/h4-10,13,21H,11-12,14-15H2,1-3H3,(H,26,30)(H2,25,27,28). The second-order valence-electron chi connectivity index (χ2n) is 7.03. The molecule has 0 aromatic heterocycles. The number of likely N-dealkylation sites (N-methyl/N-ethyl adjacent to an activating group) is 1. The number of carbonyl (C=O) groups excluding carboxylic acids is 1. The summed E-state index contributed by atoms with van der Waals surface area (Å²) in [6.45, 7) is -0.849. The zero-order valence-electron chi connectivity index (χ0n) is 18.0. The van der Waals surface area contributed by atoms with Gasteiger partial charge in [-0.2, -0.15) is 8.78 Å². The number of aliphatic imine (C=N–C) groups is 1. The first kappa shape index (κ1) is 24.1. The van der Waals surface area contributed by atoms with Gasteiger partial charge in [-0.05, 0) is 37.9 Å². The average molecular weight is 434 g/mol. The molecule has 168 valence electrons. The van der Waals surface area contributed by atoms with Crippen molar-refractivity contribution >= 4 is 11.9 Å². The Labute approximate surface area is 181 Å². The Bertz CT molecular complexity index is 874. The number of para-hydroxylation sites is 1. The highest BCUT2D eigenvalue weighted by Gasteiger charge is 2.10. The molecule has 0 aliphatic heterocycles. The molecule has 0 atom stereocenters. The van der Waals surface area contributed by atoms with Gasteiger partial charge in [0.05, 0.1) is 0 Å². The number of rotatable bonds is 10. The number of alkyl halides is 2. The van der Waals surface area contributed by atoms with Gasteiger partial charge in [-0.1, -0.05) is 30.3 Å². The molecule has 2 rings (SSSR count). The molecule has 0 bridgehead atoms. The van der Waals surface area contributed by atoms with Gasteiger partial charge < -0.3 is 25.6 Å². The molecule has 0 saturated heterocycles. The number of ether oxygens (including phenoxy) is 1. The Kier molecular flexibility index (Phi) is 9.70. The molecule has 0 fully saturated rings. The van der Waals surface area contributed by atoms with Crippen LogP contribution in [0.4, 0.5) is 8.78 Å². The molecule has 0 saturated carbocycles. The molecule has 0 radical (unpaired) electrons. The van der Waals surface area contributed by atoms with Gasteiger partial charge in [0.25, 0.3) is 5.91 Å². The summed E-state index contributed by atoms with van der Waals surface area (Å²) in [7, 11) is 5.51. The van der Waals surface area contributed by atoms with Gasteiger partial charge in [0.15, 0.2) is 5.96 Å². The number of guanidine groups is 1. The smallest absolute Gasteiger partial charge is 0.387 e. The number of hydrogen-bond donors (Lipinski definition) is 3. The molecule has 0 spiro atoms. The third-order valence-electron chi connectivity index (χ3n) is 4.35. The number of halogens is 2. The van der Waals surface area contributed by atoms with E-state index in [0.717, 1.165) is 12.1 Å². The van der Waals surface area contributed by atoms with E-state index in [1.165, 1.54) is 6.07 Å². The van der Waals surface area contributed by atoms with E-state index in [1.54, 1.807) is 31.3 Å². The number of hydrogen-bond acceptors (Lipinski definition) is 4. The van der Waals surface area contributed by atoms with E-state index in [2.05, 4.69) is 25.7 Å². The van der Waals surface area contributed by atoms with Gasteiger partial charge in [0, 0.05) is 44.4 Å². The molecule has 1 amide bonds. The first-order chi connectivity index (χ1) is 14.9. The van der Waals surface area contributed by atoms with E-state index < -0.39 is 6.61 Å². The van der Waals surface area contributed by atoms with Crippen LogP contribution in [0.3, 0.4) is 0 Å². The van der Waals surface area contributed by atoms with Crippen molar-refractivity contribution in [3.05, 3.63) is 65.2 Å². The lowest BCUT2D eigenvalue weighted by Gasteiger charge is -2.15. The maximum absolute atomic E-state index is 12.6. The lowest BCUT2D eigenvalue weighted by molar-refractivity contribution is -0.0504. The van der Waals surface area contributed by atoms with Crippen molar-refractivity contribution in [3.63, 3.8) is 0 Å². The van der Waals surface area contributed by atoms with E-state index >= 15 is 0 Å². The quantitative estimate of drug-likeness (QED) is 0.396. The Balaban J connectivity index is 1.90. The summed E-state index contributed by atoms with van der Waals surface area (Å²) < 4.78 is 29.7. The summed E-state index contributed by atoms with van der Waals surface area (Å²) >= 11 is 0. The van der Waals surface area contributed by atoms with Crippen molar-refractivity contribution < 1.29 is 18.3 Å². The molecule has 0 aliphatic carbocycles. The topological polar surface area (TPSA) is 78.0 Å². The van der Waals surface area contributed by atoms with Crippen LogP contribution >= 0.6 is 0 Å². The van der Waals surface area contributed by atoms with Crippen molar-refractivity contribution in [1.82, 2.24) is 20.9 Å². The van der Waals surface area contributed by atoms with E-state index in [0.29, 0.717) is 30.2 Å². The maximum atomic E-state index is 12.6. The molecule has 31 heavy (non-hydrogen) atoms. The predicted octanol–water partition coefficient (Wildman–Crippen LogP) is 2.44. The van der Waals surface area contributed by atoms with Crippen LogP contribution in [-0.4, -0.2) is 57.6 Å². The van der Waals surface area contributed by atoms with E-state index in [-0.39, 0.29) is 18.2 Å². The van der Waals surface area contributed by atoms with Crippen LogP contribution in [0.25, 0.3) is 0 Å². The van der Waals surface area contributed by atoms with E-state index in [4.69, 9.17) is 0 Å². The van der Waals surface area contributed by atoms with E-state index in [9.17, 15) is 13.6 Å². The first-order valence-electron chi connectivity index (χ1n) is 9.88. The van der Waals surface area contributed by atoms with Crippen molar-refractivity contribution in [1.29, 1.82) is 0 Å². The fourth-order valence-corrected chi connectivity index (χ4v) is 2.76. The zero-order chi connectivity index (χ0) is 22.6. The Hall–Kier alpha value is -3.20. The van der Waals surface area contributed by atoms with Crippen LogP contribution < -0.4 is 20.7 Å². The minimum atomic E-state index is -2.88. The van der Waals surface area contributed by atoms with Gasteiger partial charge in [0.1, 0.15) is 5.75 Å². The molecule has 0 heterocycles. The second-order valence-corrected chi connectivity index (χ2v) is 7.03. The van der Waals surface area contributed by atoms with Crippen LogP contribution in [0.2, 0.25) is 0 Å². The Morgan fingerprint density at radius 1 is 1.06 bits per heavy atom. The SMILES string of the molecule is CN=C(NCc1cccc(C(=O)NCCN(C)C)c1)NCc1ccccc1OC(F)F. The van der Waals surface area contributed by atoms with E-state index in [1.807, 2.05) is 37.2 Å². The molecule has 2 aromatic rings. The third kappa shape index (κ3) is 8.59. The maximum Gasteiger partial charge on any atom is 0.387 e. The van der Waals surface area contributed by atoms with Crippen molar-refractivity contribution in [2.24, 2.45) is 4.99 Å². The van der Waals surface area contributed by atoms with Crippen LogP contribution in [0.5, 0.6) is 5.75 Å². The van der Waals surface area contributed by atoms with Gasteiger partial charge in [-0.25, -0.2) is 0 Å². The Morgan fingerprint density at radius 3 is 2.52 bits per heavy atom. The van der Waals surface area contributed by atoms with Crippen LogP contribution in [0, 0.1) is 0 Å². The largest absolute Gasteiger partial charge is 0.434 e. The van der Waals surface area contributed by atoms with Crippen molar-refractivity contribution in [3.8, 4) is 5.75 Å². The Morgan fingerprint density at radius 2 is 1.81 bits per heavy atom. The van der Waals surface area contributed by atoms with Gasteiger partial charge in [-0.3, -0.25) is 9.79 Å². The number of nitrogens with zero attached hydrogens (tertiary/aromatic N) is 2. The summed E-state index contributed by atoms with van der Waals surface area (Å²) in [6.07, 6.45) is 0. The summed E-state index contributed by atoms with van der Waals surface area (Å²) in [4.78, 5) is 18.4. The second kappa shape index (κ2) is 12.5. The van der Waals surface area contributed by atoms with Crippen molar-refractivity contribution in [2.75, 3.05) is 34.2 Å². The van der Waals surface area contributed by atoms with Crippen LogP contribution in [0.15, 0.2) is 53.5 Å². The summed E-state index contributed by atoms with van der Waals surface area (Å²) in [5.74, 6) is 0.489. The molecule has 9 heteroatoms. The fourth-order valence-electron chi connectivity index (χ4n) is 2.76. The minimum Gasteiger partial charge on any atom is -0.434 e. The minimum absolute atomic E-state index is 0.119. The van der Waals surface area contributed by atoms with Gasteiger partial charge >= 0.3 is 6.61 Å². The van der Waals surface area contributed by atoms with Crippen LogP contribution in [-0.2, 0) is 13.1 Å². The number of amides is 1. The lowest BCUT2D eigenvalue weighted by Crippen LogP contribution is -2.36. The summed E-state index contributed by atoms with van der Waals surface area (Å²) in [5.41, 5.74) is 2.07. The molecule has 0 unspecified atom stereocenters. The molecule has 2 aromatic carbocycles. The average Bonchev–Trinajstić information content (AvgIpc) is 2.74. The number of benzene rings is 2. The highest BCUT2D eigenvalue weighted by molar-refractivity contribution is 5.94. The highest BCUT2D eigenvalue weighted by Crippen LogP contribution is 2.19. The predicted molar refractivity (Wildman–Crippen MR) is 117 cm³/mol. The number of nitrogens with one attached hydrogen (secondary N) is 3. The first-order valence-corrected chi connectivity index (χ1v) is 9.88. The molecular formula is C22H29F2N5O2. The zero-order valence-corrected chi connectivity index (χ0v) is 18.0. The molecule has 7 nitrogen and oxygen atoms in total. The number of carbonyl (C=O) groups is 1. The van der Waals surface area contributed by atoms with Crippen molar-refractivity contribution in [2.45, 2.75) is 19.7 Å². The fraction of sp³-hybridized carbons (Fsp3) is 0.364. The third-order valence-corrected chi connectivity index (χ3v) is 4.35. The molecule has 0 aliphatic rings. The highest BCUT2D eigenvalue weighted by atomic mass is 19.3. The lowest BCUT2D eigenvalue weighted by atomic mass is 10.1. The molecular weight excluding hydrogens is 404 g/mol. The summed E-state index contributed by atoms with van der Waals surface area (Å²) in [6, 6.07) is 13.9.